The maximum absolute atomic E-state index is 6.74. The summed E-state index contributed by atoms with van der Waals surface area (Å²) in [6.45, 7) is 10.7. The van der Waals surface area contributed by atoms with Crippen molar-refractivity contribution in [3.05, 3.63) is 90.6 Å². The molecular weight excluding hydrogens is 472 g/mol. The molecule has 3 saturated heterocycles. The van der Waals surface area contributed by atoms with Gasteiger partial charge in [0.15, 0.2) is 0 Å². The lowest BCUT2D eigenvalue weighted by atomic mass is 9.71. The molecule has 174 valence electrons. The molecule has 0 amide bonds. The molecule has 0 radical (unpaired) electrons. The van der Waals surface area contributed by atoms with Crippen LogP contribution in [-0.4, -0.2) is 35.2 Å². The number of rotatable bonds is 8. The van der Waals surface area contributed by atoms with E-state index in [1.807, 2.05) is 6.20 Å². The van der Waals surface area contributed by atoms with Gasteiger partial charge in [0.25, 0.3) is 0 Å². The Morgan fingerprint density at radius 2 is 1.91 bits per heavy atom. The van der Waals surface area contributed by atoms with E-state index in [0.717, 1.165) is 29.6 Å². The van der Waals surface area contributed by atoms with E-state index in [1.165, 1.54) is 42.4 Å². The number of nitrogens with zero attached hydrogens (tertiary/aromatic N) is 2. The van der Waals surface area contributed by atoms with Gasteiger partial charge in [-0.1, -0.05) is 61.5 Å². The van der Waals surface area contributed by atoms with Crippen LogP contribution in [0.3, 0.4) is 0 Å². The van der Waals surface area contributed by atoms with Crippen LogP contribution in [0.2, 0.25) is 0 Å². The summed E-state index contributed by atoms with van der Waals surface area (Å²) in [5, 5.41) is 1.23. The van der Waals surface area contributed by atoms with Gasteiger partial charge in [0.1, 0.15) is 18.7 Å². The topological polar surface area (TPSA) is 22.1 Å². The molecule has 2 bridgehead atoms. The average Bonchev–Trinajstić information content (AvgIpc) is 2.85. The van der Waals surface area contributed by atoms with Crippen LogP contribution in [0.1, 0.15) is 43.4 Å². The van der Waals surface area contributed by atoms with Crippen LogP contribution in [0, 0.1) is 11.8 Å². The molecule has 6 rings (SSSR count). The second-order valence-electron chi connectivity index (χ2n) is 9.73. The lowest BCUT2D eigenvalue weighted by molar-refractivity contribution is -0.985. The minimum atomic E-state index is 0. The van der Waals surface area contributed by atoms with Crippen molar-refractivity contribution in [1.29, 1.82) is 0 Å². The first-order valence-electron chi connectivity index (χ1n) is 12.2. The molecule has 3 aromatic rings. The van der Waals surface area contributed by atoms with Gasteiger partial charge in [-0.3, -0.25) is 4.98 Å². The van der Waals surface area contributed by atoms with Crippen LogP contribution in [0.4, 0.5) is 0 Å². The van der Waals surface area contributed by atoms with Crippen molar-refractivity contribution in [2.75, 3.05) is 19.7 Å². The number of ether oxygens (including phenoxy) is 1. The number of quaternary nitrogens is 1. The van der Waals surface area contributed by atoms with Crippen LogP contribution in [-0.2, 0) is 11.3 Å². The maximum Gasteiger partial charge on any atom is 0.135 e. The van der Waals surface area contributed by atoms with Gasteiger partial charge in [0.05, 0.1) is 18.6 Å². The lowest BCUT2D eigenvalue weighted by Gasteiger charge is -2.58. The maximum atomic E-state index is 6.74. The second kappa shape index (κ2) is 10.5. The fraction of sp³-hybridized carbons (Fsp3) is 0.414. The smallest absolute Gasteiger partial charge is 0.135 e. The zero-order valence-electron chi connectivity index (χ0n) is 19.6. The highest BCUT2D eigenvalue weighted by Crippen LogP contribution is 2.49. The van der Waals surface area contributed by atoms with Gasteiger partial charge in [-0.15, -0.1) is 6.58 Å². The van der Waals surface area contributed by atoms with Crippen molar-refractivity contribution in [2.45, 2.75) is 44.9 Å². The van der Waals surface area contributed by atoms with Crippen molar-refractivity contribution >= 4 is 10.9 Å². The predicted octanol–water partition coefficient (Wildman–Crippen LogP) is 3.32. The van der Waals surface area contributed by atoms with Crippen molar-refractivity contribution in [2.24, 2.45) is 11.8 Å². The van der Waals surface area contributed by atoms with Crippen LogP contribution in [0.25, 0.3) is 10.9 Å². The third-order valence-corrected chi connectivity index (χ3v) is 7.86. The van der Waals surface area contributed by atoms with E-state index in [-0.39, 0.29) is 23.1 Å². The number of piperidine rings is 3. The number of aromatic nitrogens is 1. The first-order valence-corrected chi connectivity index (χ1v) is 12.2. The number of hydrogen-bond acceptors (Lipinski definition) is 2. The first kappa shape index (κ1) is 24.1. The number of fused-ring (bicyclic) bond motifs is 4. The number of benzene rings is 2. The fourth-order valence-corrected chi connectivity index (χ4v) is 6.33. The molecule has 0 N–H and O–H groups in total. The Morgan fingerprint density at radius 3 is 2.70 bits per heavy atom. The van der Waals surface area contributed by atoms with Crippen LogP contribution in [0.15, 0.2) is 79.5 Å². The summed E-state index contributed by atoms with van der Waals surface area (Å²) in [5.41, 5.74) is 3.79. The summed E-state index contributed by atoms with van der Waals surface area (Å²) in [6, 6.07) is 22.2. The van der Waals surface area contributed by atoms with Gasteiger partial charge in [-0.2, -0.15) is 0 Å². The average molecular weight is 508 g/mol. The zero-order chi connectivity index (χ0) is 22.0. The first-order chi connectivity index (χ1) is 15.7. The summed E-state index contributed by atoms with van der Waals surface area (Å²) >= 11 is 0. The zero-order valence-corrected chi connectivity index (χ0v) is 21.2. The van der Waals surface area contributed by atoms with Gasteiger partial charge < -0.3 is 26.2 Å². The highest BCUT2D eigenvalue weighted by Gasteiger charge is 2.54. The SMILES string of the molecule is C=C[C@H]1C[N+]2(Cc3ccccc3)CC[C@H]1C[C@@H]2[C@@H](OCCC)c1ccnc2ccccc12.[Br-]. The molecule has 3 fully saturated rings. The van der Waals surface area contributed by atoms with E-state index >= 15 is 0 Å². The van der Waals surface area contributed by atoms with Gasteiger partial charge in [-0.05, 0) is 30.0 Å². The number of pyridine rings is 1. The molecule has 1 unspecified atom stereocenters. The molecule has 0 saturated carbocycles. The molecular formula is C29H35BrN2O. The Bertz CT molecular complexity index is 1070. The van der Waals surface area contributed by atoms with Crippen molar-refractivity contribution in [3.8, 4) is 0 Å². The quantitative estimate of drug-likeness (QED) is 0.345. The van der Waals surface area contributed by atoms with E-state index < -0.39 is 0 Å². The van der Waals surface area contributed by atoms with E-state index in [4.69, 9.17) is 4.74 Å². The molecule has 2 aromatic carbocycles. The molecule has 3 aliphatic rings. The molecule has 4 heteroatoms. The van der Waals surface area contributed by atoms with Crippen molar-refractivity contribution in [1.82, 2.24) is 4.98 Å². The summed E-state index contributed by atoms with van der Waals surface area (Å²) in [5.74, 6) is 1.32. The van der Waals surface area contributed by atoms with E-state index in [9.17, 15) is 0 Å². The highest BCUT2D eigenvalue weighted by atomic mass is 79.9. The molecule has 3 aliphatic heterocycles. The summed E-state index contributed by atoms with van der Waals surface area (Å²) in [7, 11) is 0. The van der Waals surface area contributed by atoms with Gasteiger partial charge in [0.2, 0.25) is 0 Å². The molecule has 3 nitrogen and oxygen atoms in total. The Kier molecular flexibility index (Phi) is 7.68. The number of halogens is 1. The summed E-state index contributed by atoms with van der Waals surface area (Å²) in [6.07, 6.45) is 7.79. The molecule has 0 aliphatic carbocycles. The minimum Gasteiger partial charge on any atom is -1.00 e. The lowest BCUT2D eigenvalue weighted by Crippen LogP contribution is -3.00. The standard InChI is InChI=1S/C29H35N2O.BrH/c1-3-18-32-29(26-14-16-30-27-13-9-8-12-25(26)27)28-19-24-15-17-31(28,21-23(24)4-2)20-22-10-6-5-7-11-22;/h4-14,16,23-24,28-29H,2-3,15,17-21H2,1H3;1H/q+1;/p-1/t23-,24-,28+,29-,31?;/m0./s1. The highest BCUT2D eigenvalue weighted by molar-refractivity contribution is 5.82. The number of para-hydroxylation sites is 1. The van der Waals surface area contributed by atoms with Crippen molar-refractivity contribution in [3.63, 3.8) is 0 Å². The van der Waals surface area contributed by atoms with E-state index in [0.29, 0.717) is 17.9 Å². The van der Waals surface area contributed by atoms with Gasteiger partial charge >= 0.3 is 0 Å². The fourth-order valence-electron chi connectivity index (χ4n) is 6.33. The Hall–Kier alpha value is -2.01. The monoisotopic (exact) mass is 506 g/mol. The normalized spacial score (nSPS) is 27.1. The summed E-state index contributed by atoms with van der Waals surface area (Å²) < 4.78 is 7.84. The molecule has 33 heavy (non-hydrogen) atoms. The predicted molar refractivity (Wildman–Crippen MR) is 131 cm³/mol. The Morgan fingerprint density at radius 1 is 1.12 bits per heavy atom. The van der Waals surface area contributed by atoms with E-state index in [1.54, 1.807) is 0 Å². The molecule has 5 atom stereocenters. The number of hydrogen-bond donors (Lipinski definition) is 0. The minimum absolute atomic E-state index is 0. The Balaban J connectivity index is 0.00000259. The molecule has 1 aromatic heterocycles. The molecule has 4 heterocycles. The van der Waals surface area contributed by atoms with Crippen LogP contribution >= 0.6 is 0 Å². The summed E-state index contributed by atoms with van der Waals surface area (Å²) in [4.78, 5) is 4.63. The van der Waals surface area contributed by atoms with Gasteiger partial charge in [0, 0.05) is 42.5 Å². The molecule has 0 spiro atoms. The van der Waals surface area contributed by atoms with Gasteiger partial charge in [-0.25, -0.2) is 0 Å². The Labute approximate surface area is 208 Å². The second-order valence-corrected chi connectivity index (χ2v) is 9.73. The third kappa shape index (κ3) is 4.66. The van der Waals surface area contributed by atoms with Crippen LogP contribution < -0.4 is 17.0 Å². The van der Waals surface area contributed by atoms with Crippen LogP contribution in [0.5, 0.6) is 0 Å². The van der Waals surface area contributed by atoms with Crippen molar-refractivity contribution < 1.29 is 26.2 Å². The third-order valence-electron chi connectivity index (χ3n) is 7.86. The largest absolute Gasteiger partial charge is 1.00 e. The van der Waals surface area contributed by atoms with E-state index in [2.05, 4.69) is 85.2 Å².